The molecule has 2 amide bonds. The number of amides is 2. The van der Waals surface area contributed by atoms with Gasteiger partial charge in [-0.2, -0.15) is 0 Å². The Hall–Kier alpha value is -2.68. The van der Waals surface area contributed by atoms with E-state index in [9.17, 15) is 27.0 Å². The summed E-state index contributed by atoms with van der Waals surface area (Å²) >= 11 is 0. The van der Waals surface area contributed by atoms with Crippen LogP contribution in [0.1, 0.15) is 10.4 Å². The number of benzene rings is 2. The third kappa shape index (κ3) is 4.66. The molecule has 0 saturated heterocycles. The Morgan fingerprint density at radius 2 is 1.64 bits per heavy atom. The second-order valence-corrected chi connectivity index (χ2v) is 6.31. The van der Waals surface area contributed by atoms with E-state index >= 15 is 0 Å². The lowest BCUT2D eigenvalue weighted by molar-refractivity contribution is -0.115. The maximum absolute atomic E-state index is 13.4. The fourth-order valence-corrected chi connectivity index (χ4v) is 2.40. The zero-order valence-corrected chi connectivity index (χ0v) is 13.8. The lowest BCUT2D eigenvalue weighted by atomic mass is 10.2. The van der Waals surface area contributed by atoms with Crippen LogP contribution in [0, 0.1) is 17.5 Å². The number of carbonyl (C=O) groups is 2. The van der Waals surface area contributed by atoms with E-state index < -0.39 is 52.3 Å². The largest absolute Gasteiger partial charge is 0.343 e. The molecule has 0 aliphatic carbocycles. The molecule has 1 unspecified atom stereocenters. The predicted molar refractivity (Wildman–Crippen MR) is 86.1 cm³/mol. The molecule has 0 bridgehead atoms. The zero-order valence-electron chi connectivity index (χ0n) is 12.9. The summed E-state index contributed by atoms with van der Waals surface area (Å²) in [5.41, 5.74) is -0.297. The minimum atomic E-state index is -1.70. The molecule has 5 nitrogen and oxygen atoms in total. The Balaban J connectivity index is 1.94. The highest BCUT2D eigenvalue weighted by atomic mass is 32.2. The summed E-state index contributed by atoms with van der Waals surface area (Å²) in [4.78, 5) is 24.1. The van der Waals surface area contributed by atoms with Crippen LogP contribution in [0.5, 0.6) is 0 Å². The predicted octanol–water partition coefficient (Wildman–Crippen LogP) is 2.21. The molecule has 2 rings (SSSR count). The molecule has 0 spiro atoms. The lowest BCUT2D eigenvalue weighted by Crippen LogP contribution is -2.33. The molecule has 1 atom stereocenters. The van der Waals surface area contributed by atoms with E-state index in [2.05, 4.69) is 5.32 Å². The molecule has 0 heterocycles. The van der Waals surface area contributed by atoms with E-state index in [0.717, 1.165) is 6.07 Å². The second kappa shape index (κ2) is 7.93. The molecular formula is C16H13F3N2O3S. The van der Waals surface area contributed by atoms with E-state index in [-0.39, 0.29) is 5.56 Å². The van der Waals surface area contributed by atoms with Crippen molar-refractivity contribution in [3.63, 3.8) is 0 Å². The van der Waals surface area contributed by atoms with E-state index in [1.54, 1.807) is 0 Å². The van der Waals surface area contributed by atoms with Gasteiger partial charge in [0, 0.05) is 27.5 Å². The second-order valence-electron chi connectivity index (χ2n) is 4.93. The molecule has 9 heteroatoms. The van der Waals surface area contributed by atoms with Gasteiger partial charge in [0.2, 0.25) is 5.91 Å². The molecule has 0 saturated carbocycles. The molecule has 0 radical (unpaired) electrons. The van der Waals surface area contributed by atoms with Gasteiger partial charge in [-0.1, -0.05) is 0 Å². The van der Waals surface area contributed by atoms with Crippen molar-refractivity contribution >= 4 is 28.3 Å². The average Bonchev–Trinajstić information content (AvgIpc) is 2.60. The van der Waals surface area contributed by atoms with Gasteiger partial charge in [-0.25, -0.2) is 13.2 Å². The van der Waals surface area contributed by atoms with Crippen LogP contribution in [0.2, 0.25) is 0 Å². The van der Waals surface area contributed by atoms with Crippen LogP contribution < -0.4 is 10.6 Å². The van der Waals surface area contributed by atoms with Crippen molar-refractivity contribution in [2.24, 2.45) is 0 Å². The molecule has 0 aliphatic rings. The first-order valence-corrected chi connectivity index (χ1v) is 8.50. The number of halogens is 3. The standard InChI is InChI=1S/C16H13F3N2O3S/c1-25(24)10-4-2-9(3-5-10)16(23)20-8-13(22)21-12-7-6-11(17)14(18)15(12)19/h2-7H,8H2,1H3,(H,20,23)(H,21,22). The summed E-state index contributed by atoms with van der Waals surface area (Å²) in [6, 6.07) is 7.46. The van der Waals surface area contributed by atoms with Gasteiger partial charge in [0.15, 0.2) is 17.5 Å². The van der Waals surface area contributed by atoms with Crippen LogP contribution in [0.25, 0.3) is 0 Å². The molecule has 0 aromatic heterocycles. The molecule has 2 aromatic carbocycles. The lowest BCUT2D eigenvalue weighted by Gasteiger charge is -2.08. The number of carbonyl (C=O) groups excluding carboxylic acids is 2. The van der Waals surface area contributed by atoms with Gasteiger partial charge in [0.05, 0.1) is 12.2 Å². The van der Waals surface area contributed by atoms with Crippen molar-refractivity contribution in [2.45, 2.75) is 4.90 Å². The highest BCUT2D eigenvalue weighted by Crippen LogP contribution is 2.19. The Morgan fingerprint density at radius 1 is 1.00 bits per heavy atom. The smallest absolute Gasteiger partial charge is 0.251 e. The Bertz CT molecular complexity index is 841. The first kappa shape index (κ1) is 18.7. The molecule has 2 aromatic rings. The minimum Gasteiger partial charge on any atom is -0.343 e. The van der Waals surface area contributed by atoms with Gasteiger partial charge in [-0.05, 0) is 36.4 Å². The van der Waals surface area contributed by atoms with Crippen LogP contribution in [0.4, 0.5) is 18.9 Å². The zero-order chi connectivity index (χ0) is 18.6. The maximum atomic E-state index is 13.4. The van der Waals surface area contributed by atoms with E-state index in [0.29, 0.717) is 11.0 Å². The summed E-state index contributed by atoms with van der Waals surface area (Å²) in [5.74, 6) is -5.99. The van der Waals surface area contributed by atoms with Gasteiger partial charge in [0.1, 0.15) is 0 Å². The number of hydrogen-bond donors (Lipinski definition) is 2. The Labute approximate surface area is 143 Å². The third-order valence-corrected chi connectivity index (χ3v) is 4.10. The van der Waals surface area contributed by atoms with Crippen molar-refractivity contribution in [1.82, 2.24) is 5.32 Å². The fourth-order valence-electron chi connectivity index (χ4n) is 1.88. The Morgan fingerprint density at radius 3 is 2.24 bits per heavy atom. The van der Waals surface area contributed by atoms with E-state index in [1.807, 2.05) is 5.32 Å². The van der Waals surface area contributed by atoms with Crippen LogP contribution in [-0.2, 0) is 15.6 Å². The topological polar surface area (TPSA) is 75.3 Å². The fraction of sp³-hybridized carbons (Fsp3) is 0.125. The quantitative estimate of drug-likeness (QED) is 0.793. The van der Waals surface area contributed by atoms with Crippen LogP contribution in [-0.4, -0.2) is 28.8 Å². The van der Waals surface area contributed by atoms with Crippen LogP contribution in [0.3, 0.4) is 0 Å². The minimum absolute atomic E-state index is 0.237. The van der Waals surface area contributed by atoms with Crippen molar-refractivity contribution < 1.29 is 27.0 Å². The third-order valence-electron chi connectivity index (χ3n) is 3.17. The summed E-state index contributed by atoms with van der Waals surface area (Å²) in [6.07, 6.45) is 1.50. The highest BCUT2D eigenvalue weighted by Gasteiger charge is 2.15. The molecular weight excluding hydrogens is 357 g/mol. The van der Waals surface area contributed by atoms with Crippen LogP contribution in [0.15, 0.2) is 41.3 Å². The maximum Gasteiger partial charge on any atom is 0.251 e. The number of nitrogens with one attached hydrogen (secondary N) is 2. The van der Waals surface area contributed by atoms with Crippen molar-refractivity contribution in [3.05, 3.63) is 59.4 Å². The summed E-state index contributed by atoms with van der Waals surface area (Å²) in [6.45, 7) is -0.501. The van der Waals surface area contributed by atoms with Crippen LogP contribution >= 0.6 is 0 Å². The van der Waals surface area contributed by atoms with Gasteiger partial charge < -0.3 is 10.6 Å². The number of hydrogen-bond acceptors (Lipinski definition) is 3. The van der Waals surface area contributed by atoms with Gasteiger partial charge >= 0.3 is 0 Å². The average molecular weight is 370 g/mol. The van der Waals surface area contributed by atoms with Crippen molar-refractivity contribution in [3.8, 4) is 0 Å². The molecule has 132 valence electrons. The number of rotatable bonds is 5. The molecule has 2 N–H and O–H groups in total. The van der Waals surface area contributed by atoms with Crippen molar-refractivity contribution in [2.75, 3.05) is 18.1 Å². The molecule has 0 fully saturated rings. The summed E-state index contributed by atoms with van der Waals surface area (Å²) in [7, 11) is -1.18. The summed E-state index contributed by atoms with van der Waals surface area (Å²) in [5, 5.41) is 4.33. The normalized spacial score (nSPS) is 11.7. The molecule has 25 heavy (non-hydrogen) atoms. The highest BCUT2D eigenvalue weighted by molar-refractivity contribution is 7.84. The SMILES string of the molecule is CS(=O)c1ccc(C(=O)NCC(=O)Nc2ccc(F)c(F)c2F)cc1. The van der Waals surface area contributed by atoms with Crippen molar-refractivity contribution in [1.29, 1.82) is 0 Å². The Kier molecular flexibility index (Phi) is 5.92. The van der Waals surface area contributed by atoms with E-state index in [1.165, 1.54) is 30.5 Å². The number of anilines is 1. The van der Waals surface area contributed by atoms with Gasteiger partial charge in [-0.3, -0.25) is 13.8 Å². The van der Waals surface area contributed by atoms with Gasteiger partial charge in [-0.15, -0.1) is 0 Å². The molecule has 0 aliphatic heterocycles. The first-order chi connectivity index (χ1) is 11.8. The summed E-state index contributed by atoms with van der Waals surface area (Å²) < 4.78 is 50.6. The van der Waals surface area contributed by atoms with E-state index in [4.69, 9.17) is 0 Å². The first-order valence-electron chi connectivity index (χ1n) is 6.94. The van der Waals surface area contributed by atoms with Gasteiger partial charge in [0.25, 0.3) is 5.91 Å². The monoisotopic (exact) mass is 370 g/mol.